The van der Waals surface area contributed by atoms with Gasteiger partial charge < -0.3 is 20.4 Å². The van der Waals surface area contributed by atoms with Gasteiger partial charge in [-0.1, -0.05) is 12.1 Å². The Labute approximate surface area is 180 Å². The minimum Gasteiger partial charge on any atom is -0.356 e. The first-order valence-electron chi connectivity index (χ1n) is 9.63. The van der Waals surface area contributed by atoms with Gasteiger partial charge in [0.05, 0.1) is 6.04 Å². The maximum absolute atomic E-state index is 13.8. The third-order valence-electron chi connectivity index (χ3n) is 5.03. The maximum atomic E-state index is 13.8. The summed E-state index contributed by atoms with van der Waals surface area (Å²) in [5.74, 6) is 0.594. The minimum absolute atomic E-state index is 0. The van der Waals surface area contributed by atoms with Crippen LogP contribution in [-0.4, -0.2) is 69.1 Å². The number of aryl methyl sites for hydroxylation is 1. The first-order valence-corrected chi connectivity index (χ1v) is 9.63. The van der Waals surface area contributed by atoms with E-state index in [0.29, 0.717) is 5.56 Å². The zero-order valence-electron chi connectivity index (χ0n) is 17.1. The van der Waals surface area contributed by atoms with Crippen molar-refractivity contribution >= 4 is 29.9 Å². The van der Waals surface area contributed by atoms with Crippen LogP contribution < -0.4 is 10.6 Å². The molecule has 154 valence electrons. The molecule has 0 aliphatic carbocycles. The maximum Gasteiger partial charge on any atom is 0.191 e. The molecule has 2 rings (SSSR count). The molecule has 1 atom stereocenters. The van der Waals surface area contributed by atoms with Crippen LogP contribution in [0.2, 0.25) is 0 Å². The van der Waals surface area contributed by atoms with Crippen LogP contribution in [-0.2, 0) is 0 Å². The van der Waals surface area contributed by atoms with E-state index in [9.17, 15) is 4.39 Å². The Bertz CT molecular complexity index is 596. The number of aliphatic imine (C=N–C) groups is 1. The summed E-state index contributed by atoms with van der Waals surface area (Å²) < 4.78 is 13.8. The quantitative estimate of drug-likeness (QED) is 0.278. The molecule has 0 bridgehead atoms. The predicted molar refractivity (Wildman–Crippen MR) is 123 cm³/mol. The van der Waals surface area contributed by atoms with Crippen molar-refractivity contribution in [2.24, 2.45) is 4.99 Å². The van der Waals surface area contributed by atoms with Gasteiger partial charge in [-0.05, 0) is 70.6 Å². The highest BCUT2D eigenvalue weighted by molar-refractivity contribution is 14.0. The zero-order valence-corrected chi connectivity index (χ0v) is 19.4. The highest BCUT2D eigenvalue weighted by Gasteiger charge is 2.12. The van der Waals surface area contributed by atoms with Crippen molar-refractivity contribution in [3.8, 4) is 0 Å². The van der Waals surface area contributed by atoms with Crippen molar-refractivity contribution in [3.63, 3.8) is 0 Å². The van der Waals surface area contributed by atoms with E-state index >= 15 is 0 Å². The lowest BCUT2D eigenvalue weighted by Crippen LogP contribution is -2.40. The van der Waals surface area contributed by atoms with E-state index in [1.54, 1.807) is 20.0 Å². The third-order valence-corrected chi connectivity index (χ3v) is 5.03. The van der Waals surface area contributed by atoms with Crippen LogP contribution in [0.25, 0.3) is 0 Å². The minimum atomic E-state index is -0.165. The Balaban J connectivity index is 0.00000364. The number of benzene rings is 1. The van der Waals surface area contributed by atoms with Crippen LogP contribution in [0, 0.1) is 12.7 Å². The van der Waals surface area contributed by atoms with Gasteiger partial charge in [-0.15, -0.1) is 24.0 Å². The first kappa shape index (κ1) is 24.1. The number of nitrogens with zero attached hydrogens (tertiary/aromatic N) is 3. The molecule has 1 saturated heterocycles. The van der Waals surface area contributed by atoms with Crippen molar-refractivity contribution < 1.29 is 4.39 Å². The Kier molecular flexibility index (Phi) is 11.2. The van der Waals surface area contributed by atoms with Gasteiger partial charge in [-0.25, -0.2) is 4.39 Å². The van der Waals surface area contributed by atoms with E-state index in [1.807, 2.05) is 19.1 Å². The van der Waals surface area contributed by atoms with E-state index in [4.69, 9.17) is 0 Å². The lowest BCUT2D eigenvalue weighted by Gasteiger charge is -2.21. The van der Waals surface area contributed by atoms with Gasteiger partial charge in [-0.2, -0.15) is 0 Å². The molecule has 0 saturated carbocycles. The summed E-state index contributed by atoms with van der Waals surface area (Å²) in [7, 11) is 3.96. The van der Waals surface area contributed by atoms with Crippen LogP contribution >= 0.6 is 24.0 Å². The Morgan fingerprint density at radius 3 is 2.74 bits per heavy atom. The summed E-state index contributed by atoms with van der Waals surface area (Å²) >= 11 is 0. The number of rotatable bonds is 6. The predicted octanol–water partition coefficient (Wildman–Crippen LogP) is 3.01. The summed E-state index contributed by atoms with van der Waals surface area (Å²) in [5.41, 5.74) is 1.59. The van der Waals surface area contributed by atoms with Gasteiger partial charge in [0.15, 0.2) is 5.96 Å². The molecule has 0 aromatic heterocycles. The van der Waals surface area contributed by atoms with Crippen LogP contribution in [0.5, 0.6) is 0 Å². The number of hydrogen-bond acceptors (Lipinski definition) is 3. The zero-order chi connectivity index (χ0) is 18.9. The molecule has 1 aliphatic rings. The Morgan fingerprint density at radius 2 is 2.04 bits per heavy atom. The average molecular weight is 491 g/mol. The lowest BCUT2D eigenvalue weighted by molar-refractivity contribution is 0.274. The second-order valence-electron chi connectivity index (χ2n) is 7.23. The fourth-order valence-corrected chi connectivity index (χ4v) is 3.19. The molecule has 1 aliphatic heterocycles. The molecule has 27 heavy (non-hydrogen) atoms. The number of nitrogens with one attached hydrogen (secondary N) is 2. The Morgan fingerprint density at radius 1 is 1.26 bits per heavy atom. The monoisotopic (exact) mass is 491 g/mol. The molecular formula is C20H35FIN5. The van der Waals surface area contributed by atoms with E-state index in [-0.39, 0.29) is 35.8 Å². The summed E-state index contributed by atoms with van der Waals surface area (Å²) in [6.07, 6.45) is 2.33. The molecule has 7 heteroatoms. The first-order chi connectivity index (χ1) is 12.5. The van der Waals surface area contributed by atoms with Crippen molar-refractivity contribution in [3.05, 3.63) is 35.1 Å². The van der Waals surface area contributed by atoms with Gasteiger partial charge in [-0.3, -0.25) is 4.99 Å². The molecule has 2 N–H and O–H groups in total. The van der Waals surface area contributed by atoms with Gasteiger partial charge >= 0.3 is 0 Å². The number of hydrogen-bond donors (Lipinski definition) is 2. The highest BCUT2D eigenvalue weighted by atomic mass is 127. The van der Waals surface area contributed by atoms with Crippen molar-refractivity contribution in [2.45, 2.75) is 32.7 Å². The topological polar surface area (TPSA) is 42.9 Å². The van der Waals surface area contributed by atoms with Gasteiger partial charge in [0.2, 0.25) is 0 Å². The molecule has 1 aromatic carbocycles. The molecule has 0 amide bonds. The molecule has 1 heterocycles. The van der Waals surface area contributed by atoms with Crippen molar-refractivity contribution in [1.29, 1.82) is 0 Å². The molecule has 1 aromatic rings. The van der Waals surface area contributed by atoms with Gasteiger partial charge in [0.25, 0.3) is 0 Å². The molecule has 1 fully saturated rings. The normalized spacial score (nSPS) is 17.7. The average Bonchev–Trinajstić information content (AvgIpc) is 2.84. The smallest absolute Gasteiger partial charge is 0.191 e. The lowest BCUT2D eigenvalue weighted by atomic mass is 10.1. The molecule has 1 unspecified atom stereocenters. The van der Waals surface area contributed by atoms with Crippen LogP contribution in [0.3, 0.4) is 0 Å². The van der Waals surface area contributed by atoms with Crippen LogP contribution in [0.4, 0.5) is 4.39 Å². The third kappa shape index (κ3) is 8.31. The highest BCUT2D eigenvalue weighted by Crippen LogP contribution is 2.16. The number of guanidine groups is 1. The summed E-state index contributed by atoms with van der Waals surface area (Å²) in [5, 5.41) is 6.70. The van der Waals surface area contributed by atoms with Crippen LogP contribution in [0.15, 0.2) is 23.2 Å². The van der Waals surface area contributed by atoms with E-state index < -0.39 is 0 Å². The summed E-state index contributed by atoms with van der Waals surface area (Å²) in [6.45, 7) is 10.5. The summed E-state index contributed by atoms with van der Waals surface area (Å²) in [6, 6.07) is 5.37. The van der Waals surface area contributed by atoms with Crippen molar-refractivity contribution in [2.75, 3.05) is 53.4 Å². The second kappa shape index (κ2) is 12.5. The van der Waals surface area contributed by atoms with Crippen LogP contribution in [0.1, 0.15) is 36.9 Å². The SMILES string of the molecule is CN=C(NCCCN1CCCN(C)CC1)NC(C)c1ccc(C)c(F)c1.I. The Hall–Kier alpha value is -0.930. The van der Waals surface area contributed by atoms with E-state index in [1.165, 1.54) is 19.5 Å². The van der Waals surface area contributed by atoms with Gasteiger partial charge in [0.1, 0.15) is 5.82 Å². The molecule has 0 spiro atoms. The fraction of sp³-hybridized carbons (Fsp3) is 0.650. The van der Waals surface area contributed by atoms with Crippen molar-refractivity contribution in [1.82, 2.24) is 20.4 Å². The summed E-state index contributed by atoms with van der Waals surface area (Å²) in [4.78, 5) is 9.23. The standard InChI is InChI=1S/C20H34FN5.HI/c1-16-7-8-18(15-19(16)21)17(2)24-20(22-3)23-9-5-11-26-12-6-10-25(4)13-14-26;/h7-8,15,17H,5-6,9-14H2,1-4H3,(H2,22,23,24);1H. The second-order valence-corrected chi connectivity index (χ2v) is 7.23. The molecular weight excluding hydrogens is 456 g/mol. The van der Waals surface area contributed by atoms with E-state index in [0.717, 1.165) is 44.1 Å². The van der Waals surface area contributed by atoms with E-state index in [2.05, 4.69) is 32.5 Å². The number of likely N-dealkylation sites (N-methyl/N-ethyl adjacent to an activating group) is 1. The largest absolute Gasteiger partial charge is 0.356 e. The van der Waals surface area contributed by atoms with Gasteiger partial charge in [0, 0.05) is 26.7 Å². The molecule has 5 nitrogen and oxygen atoms in total. The fourth-order valence-electron chi connectivity index (χ4n) is 3.19. The number of halogens is 2. The molecule has 0 radical (unpaired) electrons.